The van der Waals surface area contributed by atoms with Crippen LogP contribution in [0.5, 0.6) is 0 Å². The molecule has 0 fully saturated rings. The van der Waals surface area contributed by atoms with Crippen molar-refractivity contribution >= 4 is 96.9 Å². The molecule has 0 aliphatic carbocycles. The maximum Gasteiger partial charge on any atom is 0.109 e. The first-order valence-electron chi connectivity index (χ1n) is 17.5. The van der Waals surface area contributed by atoms with Gasteiger partial charge in [-0.15, -0.1) is 11.3 Å². The van der Waals surface area contributed by atoms with Gasteiger partial charge in [-0.2, -0.15) is 5.10 Å². The van der Waals surface area contributed by atoms with Crippen molar-refractivity contribution in [1.29, 1.82) is 0 Å². The molecule has 238 valence electrons. The van der Waals surface area contributed by atoms with E-state index in [9.17, 15) is 0 Å². The lowest BCUT2D eigenvalue weighted by Crippen LogP contribution is -2.42. The number of hydrazone groups is 1. The Balaban J connectivity index is 1.06. The fourth-order valence-corrected chi connectivity index (χ4v) is 10.3. The molecular weight excluding hydrogens is 639 g/mol. The summed E-state index contributed by atoms with van der Waals surface area (Å²) < 4.78 is 3.84. The second-order valence-corrected chi connectivity index (χ2v) is 15.2. The third kappa shape index (κ3) is 3.59. The summed E-state index contributed by atoms with van der Waals surface area (Å²) in [5.74, 6) is 0. The number of hydrogen-bond acceptors (Lipinski definition) is 3. The Kier molecular flexibility index (Phi) is 5.25. The van der Waals surface area contributed by atoms with E-state index in [0.29, 0.717) is 0 Å². The van der Waals surface area contributed by atoms with Crippen LogP contribution in [-0.2, 0) is 5.54 Å². The number of aromatic nitrogens is 1. The minimum Gasteiger partial charge on any atom is -0.299 e. The second kappa shape index (κ2) is 9.72. The third-order valence-corrected chi connectivity index (χ3v) is 12.6. The number of thiophene rings is 1. The highest BCUT2D eigenvalue weighted by Gasteiger charge is 2.35. The Morgan fingerprint density at radius 3 is 2.22 bits per heavy atom. The number of para-hydroxylation sites is 1. The molecule has 11 aromatic rings. The summed E-state index contributed by atoms with van der Waals surface area (Å²) in [5, 5.41) is 19.4. The molecule has 4 heterocycles. The van der Waals surface area contributed by atoms with Gasteiger partial charge in [-0.3, -0.25) is 9.83 Å². The second-order valence-electron chi connectivity index (χ2n) is 14.2. The molecule has 1 unspecified atom stereocenters. The van der Waals surface area contributed by atoms with Gasteiger partial charge in [0.05, 0.1) is 16.7 Å². The predicted molar refractivity (Wildman–Crippen MR) is 217 cm³/mol. The average Bonchev–Trinajstić information content (AvgIpc) is 3.82. The van der Waals surface area contributed by atoms with Gasteiger partial charge in [0.25, 0.3) is 0 Å². The lowest BCUT2D eigenvalue weighted by atomic mass is 9.79. The minimum atomic E-state index is -0.462. The summed E-state index contributed by atoms with van der Waals surface area (Å²) in [6.45, 7) is 2.24. The van der Waals surface area contributed by atoms with Gasteiger partial charge < -0.3 is 0 Å². The van der Waals surface area contributed by atoms with Crippen LogP contribution in [0.1, 0.15) is 29.2 Å². The van der Waals surface area contributed by atoms with Crippen LogP contribution in [0.3, 0.4) is 0 Å². The molecule has 8 aromatic carbocycles. The standard InChI is InChI=1S/C47H29N3S/c1-47(33-21-20-27-10-2-3-11-28(27)23-33)39-16-8-6-14-35(39)44(48-49-47)31-19-18-29-26-41-37(25-32(29)22-31)43-38-24-30-12-4-5-13-34(30)42-36-15-7-9-17-40(36)50(45(38)42)46(43)51-41/h2-26,49H,1H3. The zero-order valence-electron chi connectivity index (χ0n) is 27.7. The van der Waals surface area contributed by atoms with Crippen LogP contribution in [-0.4, -0.2) is 10.1 Å². The van der Waals surface area contributed by atoms with Crippen molar-refractivity contribution in [1.82, 2.24) is 9.83 Å². The smallest absolute Gasteiger partial charge is 0.109 e. The van der Waals surface area contributed by atoms with Crippen molar-refractivity contribution in [3.05, 3.63) is 174 Å². The summed E-state index contributed by atoms with van der Waals surface area (Å²) >= 11 is 1.91. The van der Waals surface area contributed by atoms with Crippen LogP contribution in [0, 0.1) is 0 Å². The Labute approximate surface area is 297 Å². The summed E-state index contributed by atoms with van der Waals surface area (Å²) in [4.78, 5) is 1.32. The van der Waals surface area contributed by atoms with Gasteiger partial charge in [-0.25, -0.2) is 0 Å². The van der Waals surface area contributed by atoms with Gasteiger partial charge in [0.2, 0.25) is 0 Å². The Bertz CT molecular complexity index is 3310. The molecule has 4 heteroatoms. The van der Waals surface area contributed by atoms with Crippen molar-refractivity contribution in [2.24, 2.45) is 5.10 Å². The monoisotopic (exact) mass is 667 g/mol. The fourth-order valence-electron chi connectivity index (χ4n) is 8.99. The van der Waals surface area contributed by atoms with E-state index in [1.807, 2.05) is 11.3 Å². The van der Waals surface area contributed by atoms with Crippen molar-refractivity contribution in [3.63, 3.8) is 0 Å². The summed E-state index contributed by atoms with van der Waals surface area (Å²) in [6, 6.07) is 55.8. The molecule has 0 radical (unpaired) electrons. The normalized spacial score (nSPS) is 16.3. The first-order chi connectivity index (χ1) is 25.1. The molecule has 1 aliphatic heterocycles. The van der Waals surface area contributed by atoms with Crippen molar-refractivity contribution < 1.29 is 0 Å². The van der Waals surface area contributed by atoms with E-state index in [2.05, 4.69) is 168 Å². The van der Waals surface area contributed by atoms with Gasteiger partial charge in [0.15, 0.2) is 0 Å². The molecule has 3 aromatic heterocycles. The van der Waals surface area contributed by atoms with E-state index in [0.717, 1.165) is 16.8 Å². The average molecular weight is 668 g/mol. The van der Waals surface area contributed by atoms with Gasteiger partial charge in [-0.1, -0.05) is 115 Å². The molecule has 3 nitrogen and oxygen atoms in total. The molecule has 0 amide bonds. The lowest BCUT2D eigenvalue weighted by Gasteiger charge is -2.36. The highest BCUT2D eigenvalue weighted by molar-refractivity contribution is 7.26. The van der Waals surface area contributed by atoms with E-state index in [1.54, 1.807) is 0 Å². The molecule has 0 saturated heterocycles. The summed E-state index contributed by atoms with van der Waals surface area (Å²) in [5.41, 5.74) is 11.4. The zero-order chi connectivity index (χ0) is 33.4. The molecule has 12 rings (SSSR count). The first kappa shape index (κ1) is 27.6. The number of nitrogens with zero attached hydrogens (tertiary/aromatic N) is 2. The quantitative estimate of drug-likeness (QED) is 0.195. The van der Waals surface area contributed by atoms with Gasteiger partial charge in [0, 0.05) is 42.8 Å². The minimum absolute atomic E-state index is 0.462. The SMILES string of the molecule is CC1(c2ccc3ccccc3c2)NN=C(c2ccc3cc4sc5c(c4cc3c2)c2cc3ccccc3c3c4ccccc4n5c23)c2ccccc21. The molecule has 0 saturated carbocycles. The zero-order valence-corrected chi connectivity index (χ0v) is 28.6. The molecular formula is C47H29N3S. The molecule has 51 heavy (non-hydrogen) atoms. The number of fused-ring (bicyclic) bond motifs is 13. The Hall–Kier alpha value is -6.23. The van der Waals surface area contributed by atoms with Crippen LogP contribution in [0.15, 0.2) is 157 Å². The molecule has 1 aliphatic rings. The molecule has 0 bridgehead atoms. The number of benzene rings is 8. The maximum absolute atomic E-state index is 5.14. The lowest BCUT2D eigenvalue weighted by molar-refractivity contribution is 0.447. The highest BCUT2D eigenvalue weighted by atomic mass is 32.1. The van der Waals surface area contributed by atoms with Crippen molar-refractivity contribution in [2.75, 3.05) is 0 Å². The van der Waals surface area contributed by atoms with Crippen molar-refractivity contribution in [2.45, 2.75) is 12.5 Å². The van der Waals surface area contributed by atoms with Crippen LogP contribution in [0.2, 0.25) is 0 Å². The Morgan fingerprint density at radius 2 is 1.29 bits per heavy atom. The molecule has 1 atom stereocenters. The van der Waals surface area contributed by atoms with Gasteiger partial charge in [-0.05, 0) is 86.8 Å². The third-order valence-electron chi connectivity index (χ3n) is 11.5. The Morgan fingerprint density at radius 1 is 0.569 bits per heavy atom. The van der Waals surface area contributed by atoms with E-state index >= 15 is 0 Å². The van der Waals surface area contributed by atoms with E-state index in [1.165, 1.54) is 90.9 Å². The summed E-state index contributed by atoms with van der Waals surface area (Å²) in [6.07, 6.45) is 0. The van der Waals surface area contributed by atoms with E-state index in [-0.39, 0.29) is 0 Å². The van der Waals surface area contributed by atoms with E-state index < -0.39 is 5.54 Å². The predicted octanol–water partition coefficient (Wildman–Crippen LogP) is 12.1. The largest absolute Gasteiger partial charge is 0.299 e. The van der Waals surface area contributed by atoms with Crippen LogP contribution in [0.4, 0.5) is 0 Å². The van der Waals surface area contributed by atoms with Crippen molar-refractivity contribution in [3.8, 4) is 0 Å². The van der Waals surface area contributed by atoms with Gasteiger partial charge in [0.1, 0.15) is 10.4 Å². The van der Waals surface area contributed by atoms with E-state index in [4.69, 9.17) is 5.10 Å². The number of hydrogen-bond donors (Lipinski definition) is 1. The molecule has 1 N–H and O–H groups in total. The number of nitrogens with one attached hydrogen (secondary N) is 1. The molecule has 0 spiro atoms. The van der Waals surface area contributed by atoms with Crippen LogP contribution >= 0.6 is 11.3 Å². The number of rotatable bonds is 2. The van der Waals surface area contributed by atoms with Crippen LogP contribution in [0.25, 0.3) is 79.8 Å². The van der Waals surface area contributed by atoms with Crippen LogP contribution < -0.4 is 5.43 Å². The summed E-state index contributed by atoms with van der Waals surface area (Å²) in [7, 11) is 0. The van der Waals surface area contributed by atoms with Gasteiger partial charge >= 0.3 is 0 Å². The highest BCUT2D eigenvalue weighted by Crippen LogP contribution is 2.48. The first-order valence-corrected chi connectivity index (χ1v) is 18.4. The fraction of sp³-hybridized carbons (Fsp3) is 0.0426. The topological polar surface area (TPSA) is 28.8 Å². The maximum atomic E-state index is 5.14.